The van der Waals surface area contributed by atoms with E-state index in [0.717, 1.165) is 28.9 Å². The molecule has 7 heteroatoms. The van der Waals surface area contributed by atoms with Crippen LogP contribution in [0.5, 0.6) is 5.75 Å². The second kappa shape index (κ2) is 7.47. The molecule has 0 saturated heterocycles. The van der Waals surface area contributed by atoms with Crippen molar-refractivity contribution in [3.8, 4) is 5.75 Å². The predicted octanol–water partition coefficient (Wildman–Crippen LogP) is 4.47. The minimum atomic E-state index is 0.451. The lowest BCUT2D eigenvalue weighted by Gasteiger charge is -2.12. The van der Waals surface area contributed by atoms with Gasteiger partial charge in [0.25, 0.3) is 0 Å². The van der Waals surface area contributed by atoms with Gasteiger partial charge >= 0.3 is 0 Å². The standard InChI is InChI=1S/C14H16BrClN4O/c1-3-6-17-14-18-8-11(16)13(20-14)19-12-7-9(21-2)4-5-10(12)15/h4-5,7-8H,3,6H2,1-2H3,(H2,17,18,19,20). The van der Waals surface area contributed by atoms with Gasteiger partial charge in [-0.15, -0.1) is 0 Å². The van der Waals surface area contributed by atoms with Crippen molar-refractivity contribution in [3.05, 3.63) is 33.9 Å². The highest BCUT2D eigenvalue weighted by atomic mass is 79.9. The van der Waals surface area contributed by atoms with Crippen LogP contribution in [0.2, 0.25) is 5.02 Å². The van der Waals surface area contributed by atoms with Crippen LogP contribution in [-0.2, 0) is 0 Å². The normalized spacial score (nSPS) is 10.3. The quantitative estimate of drug-likeness (QED) is 0.784. The molecular formula is C14H16BrClN4O. The molecule has 21 heavy (non-hydrogen) atoms. The third-order valence-corrected chi connectivity index (χ3v) is 3.67. The highest BCUT2D eigenvalue weighted by Gasteiger charge is 2.08. The summed E-state index contributed by atoms with van der Waals surface area (Å²) in [5, 5.41) is 6.76. The number of rotatable bonds is 6. The molecule has 2 aromatic rings. The molecule has 112 valence electrons. The summed E-state index contributed by atoms with van der Waals surface area (Å²) in [7, 11) is 1.62. The average molecular weight is 372 g/mol. The highest BCUT2D eigenvalue weighted by Crippen LogP contribution is 2.31. The Hall–Kier alpha value is -1.53. The zero-order chi connectivity index (χ0) is 15.2. The molecule has 0 fully saturated rings. The first-order valence-electron chi connectivity index (χ1n) is 6.51. The monoisotopic (exact) mass is 370 g/mol. The molecule has 1 heterocycles. The summed E-state index contributed by atoms with van der Waals surface area (Å²) < 4.78 is 6.11. The molecule has 0 saturated carbocycles. The van der Waals surface area contributed by atoms with Gasteiger partial charge in [-0.1, -0.05) is 18.5 Å². The van der Waals surface area contributed by atoms with Gasteiger partial charge in [-0.05, 0) is 34.5 Å². The number of aromatic nitrogens is 2. The van der Waals surface area contributed by atoms with Crippen LogP contribution in [0, 0.1) is 0 Å². The molecule has 0 aliphatic carbocycles. The number of anilines is 3. The topological polar surface area (TPSA) is 59.1 Å². The number of nitrogens with zero attached hydrogens (tertiary/aromatic N) is 2. The summed E-state index contributed by atoms with van der Waals surface area (Å²) in [6.45, 7) is 2.89. The molecule has 1 aromatic carbocycles. The Morgan fingerprint density at radius 3 is 2.90 bits per heavy atom. The van der Waals surface area contributed by atoms with Crippen LogP contribution in [0.25, 0.3) is 0 Å². The Bertz CT molecular complexity index is 624. The molecule has 2 rings (SSSR count). The van der Waals surface area contributed by atoms with Crippen LogP contribution in [0.4, 0.5) is 17.5 Å². The van der Waals surface area contributed by atoms with Crippen molar-refractivity contribution in [2.75, 3.05) is 24.3 Å². The van der Waals surface area contributed by atoms with Crippen molar-refractivity contribution < 1.29 is 4.74 Å². The van der Waals surface area contributed by atoms with Gasteiger partial charge in [0, 0.05) is 17.1 Å². The first-order chi connectivity index (χ1) is 10.1. The number of ether oxygens (including phenoxy) is 1. The van der Waals surface area contributed by atoms with E-state index in [1.165, 1.54) is 0 Å². The first-order valence-corrected chi connectivity index (χ1v) is 7.68. The zero-order valence-corrected chi connectivity index (χ0v) is 14.1. The maximum Gasteiger partial charge on any atom is 0.224 e. The zero-order valence-electron chi connectivity index (χ0n) is 11.8. The predicted molar refractivity (Wildman–Crippen MR) is 89.8 cm³/mol. The number of methoxy groups -OCH3 is 1. The fourth-order valence-corrected chi connectivity index (χ4v) is 2.12. The largest absolute Gasteiger partial charge is 0.497 e. The van der Waals surface area contributed by atoms with E-state index < -0.39 is 0 Å². The molecule has 0 atom stereocenters. The molecule has 0 radical (unpaired) electrons. The van der Waals surface area contributed by atoms with Gasteiger partial charge in [-0.25, -0.2) is 4.98 Å². The van der Waals surface area contributed by atoms with Gasteiger partial charge < -0.3 is 15.4 Å². The van der Waals surface area contributed by atoms with E-state index in [4.69, 9.17) is 16.3 Å². The van der Waals surface area contributed by atoms with Crippen LogP contribution in [-0.4, -0.2) is 23.6 Å². The van der Waals surface area contributed by atoms with Gasteiger partial charge in [0.1, 0.15) is 10.8 Å². The molecule has 0 aliphatic heterocycles. The van der Waals surface area contributed by atoms with Crippen LogP contribution in [0.1, 0.15) is 13.3 Å². The van der Waals surface area contributed by atoms with E-state index in [9.17, 15) is 0 Å². The Kier molecular flexibility index (Phi) is 5.64. The van der Waals surface area contributed by atoms with Gasteiger partial charge in [-0.2, -0.15) is 4.98 Å². The molecule has 5 nitrogen and oxygen atoms in total. The maximum atomic E-state index is 6.14. The van der Waals surface area contributed by atoms with Crippen molar-refractivity contribution in [1.82, 2.24) is 9.97 Å². The van der Waals surface area contributed by atoms with Crippen molar-refractivity contribution in [2.24, 2.45) is 0 Å². The molecule has 0 spiro atoms. The average Bonchev–Trinajstić information content (AvgIpc) is 2.50. The minimum absolute atomic E-state index is 0.451. The number of nitrogens with one attached hydrogen (secondary N) is 2. The lowest BCUT2D eigenvalue weighted by molar-refractivity contribution is 0.415. The van der Waals surface area contributed by atoms with Crippen LogP contribution >= 0.6 is 27.5 Å². The second-order valence-electron chi connectivity index (χ2n) is 4.29. The molecular weight excluding hydrogens is 356 g/mol. The molecule has 1 aromatic heterocycles. The summed E-state index contributed by atoms with van der Waals surface area (Å²) >= 11 is 9.63. The smallest absolute Gasteiger partial charge is 0.224 e. The second-order valence-corrected chi connectivity index (χ2v) is 5.55. The summed E-state index contributed by atoms with van der Waals surface area (Å²) in [5.41, 5.74) is 0.816. The Balaban J connectivity index is 2.26. The van der Waals surface area contributed by atoms with Crippen molar-refractivity contribution in [3.63, 3.8) is 0 Å². The Morgan fingerprint density at radius 1 is 1.38 bits per heavy atom. The van der Waals surface area contributed by atoms with E-state index >= 15 is 0 Å². The number of hydrogen-bond donors (Lipinski definition) is 2. The Labute approximate surface area is 137 Å². The molecule has 0 bridgehead atoms. The van der Waals surface area contributed by atoms with E-state index in [0.29, 0.717) is 16.8 Å². The lowest BCUT2D eigenvalue weighted by Crippen LogP contribution is -2.06. The summed E-state index contributed by atoms with van der Waals surface area (Å²) in [5.74, 6) is 1.83. The van der Waals surface area contributed by atoms with Gasteiger partial charge in [0.2, 0.25) is 5.95 Å². The molecule has 0 amide bonds. The highest BCUT2D eigenvalue weighted by molar-refractivity contribution is 9.10. The van der Waals surface area contributed by atoms with E-state index in [-0.39, 0.29) is 0 Å². The summed E-state index contributed by atoms with van der Waals surface area (Å²) in [6, 6.07) is 5.62. The van der Waals surface area contributed by atoms with Crippen LogP contribution in [0.3, 0.4) is 0 Å². The first kappa shape index (κ1) is 15.9. The van der Waals surface area contributed by atoms with Crippen molar-refractivity contribution in [1.29, 1.82) is 0 Å². The number of hydrogen-bond acceptors (Lipinski definition) is 5. The van der Waals surface area contributed by atoms with Gasteiger partial charge in [0.05, 0.1) is 19.0 Å². The third-order valence-electron chi connectivity index (χ3n) is 2.70. The van der Waals surface area contributed by atoms with Crippen LogP contribution in [0.15, 0.2) is 28.9 Å². The van der Waals surface area contributed by atoms with Crippen LogP contribution < -0.4 is 15.4 Å². The molecule has 2 N–H and O–H groups in total. The summed E-state index contributed by atoms with van der Waals surface area (Å²) in [4.78, 5) is 8.52. The Morgan fingerprint density at radius 2 is 2.19 bits per heavy atom. The van der Waals surface area contributed by atoms with E-state index in [1.807, 2.05) is 18.2 Å². The van der Waals surface area contributed by atoms with E-state index in [2.05, 4.69) is 43.5 Å². The summed E-state index contributed by atoms with van der Waals surface area (Å²) in [6.07, 6.45) is 2.57. The SMILES string of the molecule is CCCNc1ncc(Cl)c(Nc2cc(OC)ccc2Br)n1. The number of halogens is 2. The maximum absolute atomic E-state index is 6.14. The van der Waals surface area contributed by atoms with Crippen molar-refractivity contribution in [2.45, 2.75) is 13.3 Å². The minimum Gasteiger partial charge on any atom is -0.497 e. The number of benzene rings is 1. The third kappa shape index (κ3) is 4.22. The molecule has 0 unspecified atom stereocenters. The lowest BCUT2D eigenvalue weighted by atomic mass is 10.3. The fraction of sp³-hybridized carbons (Fsp3) is 0.286. The fourth-order valence-electron chi connectivity index (χ4n) is 1.63. The van der Waals surface area contributed by atoms with E-state index in [1.54, 1.807) is 13.3 Å². The van der Waals surface area contributed by atoms with Gasteiger partial charge in [0.15, 0.2) is 5.82 Å². The molecule has 0 aliphatic rings. The van der Waals surface area contributed by atoms with Crippen molar-refractivity contribution >= 4 is 45.0 Å². The van der Waals surface area contributed by atoms with Gasteiger partial charge in [-0.3, -0.25) is 0 Å².